The molecule has 0 aliphatic rings. The van der Waals surface area contributed by atoms with E-state index in [1.807, 2.05) is 0 Å². The van der Waals surface area contributed by atoms with Gasteiger partial charge in [0.1, 0.15) is 16.3 Å². The SMILES string of the molecule is COc1ccc(-c2noc(CN(C)S(=O)(=O)c3c(C)noc3C)n2)cc1. The number of benzene rings is 1. The Kier molecular flexibility index (Phi) is 4.79. The van der Waals surface area contributed by atoms with Crippen LogP contribution in [0.25, 0.3) is 11.4 Å². The fourth-order valence-electron chi connectivity index (χ4n) is 2.45. The van der Waals surface area contributed by atoms with Crippen molar-refractivity contribution in [1.82, 2.24) is 19.6 Å². The molecule has 9 nitrogen and oxygen atoms in total. The second-order valence-electron chi connectivity index (χ2n) is 5.65. The van der Waals surface area contributed by atoms with Crippen molar-refractivity contribution in [2.45, 2.75) is 25.3 Å². The average Bonchev–Trinajstić information content (AvgIpc) is 3.21. The van der Waals surface area contributed by atoms with Crippen LogP contribution >= 0.6 is 0 Å². The van der Waals surface area contributed by atoms with Crippen molar-refractivity contribution in [2.24, 2.45) is 0 Å². The molecule has 0 fully saturated rings. The number of nitrogens with zero attached hydrogens (tertiary/aromatic N) is 4. The molecule has 2 aromatic heterocycles. The lowest BCUT2D eigenvalue weighted by Gasteiger charge is -2.14. The Labute approximate surface area is 150 Å². The molecule has 0 unspecified atom stereocenters. The van der Waals surface area contributed by atoms with Crippen molar-refractivity contribution < 1.29 is 22.2 Å². The van der Waals surface area contributed by atoms with Gasteiger partial charge in [0.2, 0.25) is 21.7 Å². The van der Waals surface area contributed by atoms with Crippen LogP contribution in [0.4, 0.5) is 0 Å². The summed E-state index contributed by atoms with van der Waals surface area (Å²) in [6, 6.07) is 7.13. The van der Waals surface area contributed by atoms with Gasteiger partial charge >= 0.3 is 0 Å². The minimum absolute atomic E-state index is 0.0508. The maximum atomic E-state index is 12.7. The smallest absolute Gasteiger partial charge is 0.248 e. The number of ether oxygens (including phenoxy) is 1. The molecule has 138 valence electrons. The Balaban J connectivity index is 1.80. The number of hydrogen-bond donors (Lipinski definition) is 0. The van der Waals surface area contributed by atoms with Gasteiger partial charge in [-0.15, -0.1) is 0 Å². The highest BCUT2D eigenvalue weighted by Crippen LogP contribution is 2.24. The molecule has 0 atom stereocenters. The predicted molar refractivity (Wildman–Crippen MR) is 90.9 cm³/mol. The van der Waals surface area contributed by atoms with Gasteiger partial charge < -0.3 is 13.8 Å². The molecule has 0 aliphatic heterocycles. The van der Waals surface area contributed by atoms with Crippen LogP contribution in [0.5, 0.6) is 5.75 Å². The maximum Gasteiger partial charge on any atom is 0.248 e. The fraction of sp³-hybridized carbons (Fsp3) is 0.312. The Morgan fingerprint density at radius 3 is 2.38 bits per heavy atom. The summed E-state index contributed by atoms with van der Waals surface area (Å²) < 4.78 is 41.8. The van der Waals surface area contributed by atoms with E-state index in [1.54, 1.807) is 45.2 Å². The van der Waals surface area contributed by atoms with Gasteiger partial charge in [-0.1, -0.05) is 10.3 Å². The van der Waals surface area contributed by atoms with Crippen LogP contribution in [-0.2, 0) is 16.6 Å². The zero-order valence-electron chi connectivity index (χ0n) is 14.8. The van der Waals surface area contributed by atoms with E-state index in [0.29, 0.717) is 17.3 Å². The van der Waals surface area contributed by atoms with E-state index in [2.05, 4.69) is 15.3 Å². The van der Waals surface area contributed by atoms with Crippen LogP contribution in [0.3, 0.4) is 0 Å². The van der Waals surface area contributed by atoms with Crippen molar-refractivity contribution in [1.29, 1.82) is 0 Å². The van der Waals surface area contributed by atoms with Gasteiger partial charge in [-0.2, -0.15) is 9.29 Å². The zero-order valence-corrected chi connectivity index (χ0v) is 15.6. The predicted octanol–water partition coefficient (Wildman–Crippen LogP) is 2.17. The third kappa shape index (κ3) is 3.33. The quantitative estimate of drug-likeness (QED) is 0.641. The molecular weight excluding hydrogens is 360 g/mol. The highest BCUT2D eigenvalue weighted by Gasteiger charge is 2.29. The average molecular weight is 378 g/mol. The first-order chi connectivity index (χ1) is 12.3. The number of aryl methyl sites for hydroxylation is 2. The van der Waals surface area contributed by atoms with Gasteiger partial charge in [0.25, 0.3) is 0 Å². The molecule has 0 saturated heterocycles. The summed E-state index contributed by atoms with van der Waals surface area (Å²) in [5.41, 5.74) is 1.04. The molecule has 0 saturated carbocycles. The van der Waals surface area contributed by atoms with Crippen molar-refractivity contribution >= 4 is 10.0 Å². The van der Waals surface area contributed by atoms with E-state index in [1.165, 1.54) is 7.05 Å². The summed E-state index contributed by atoms with van der Waals surface area (Å²) in [5, 5.41) is 7.58. The molecule has 26 heavy (non-hydrogen) atoms. The summed E-state index contributed by atoms with van der Waals surface area (Å²) >= 11 is 0. The van der Waals surface area contributed by atoms with E-state index < -0.39 is 10.0 Å². The molecule has 0 aliphatic carbocycles. The fourth-order valence-corrected chi connectivity index (χ4v) is 3.85. The van der Waals surface area contributed by atoms with Gasteiger partial charge in [0, 0.05) is 12.6 Å². The van der Waals surface area contributed by atoms with Crippen LogP contribution in [0, 0.1) is 13.8 Å². The van der Waals surface area contributed by atoms with Crippen LogP contribution in [0.1, 0.15) is 17.3 Å². The van der Waals surface area contributed by atoms with Gasteiger partial charge in [0.05, 0.1) is 13.7 Å². The highest BCUT2D eigenvalue weighted by atomic mass is 32.2. The molecule has 3 aromatic rings. The lowest BCUT2D eigenvalue weighted by molar-refractivity contribution is 0.336. The third-order valence-electron chi connectivity index (χ3n) is 3.81. The number of rotatable bonds is 6. The monoisotopic (exact) mass is 378 g/mol. The molecule has 0 N–H and O–H groups in total. The third-order valence-corrected chi connectivity index (χ3v) is 5.86. The first kappa shape index (κ1) is 18.1. The normalized spacial score (nSPS) is 11.9. The van der Waals surface area contributed by atoms with Crippen molar-refractivity contribution in [3.8, 4) is 17.1 Å². The molecular formula is C16H18N4O5S. The molecule has 10 heteroatoms. The molecule has 0 amide bonds. The van der Waals surface area contributed by atoms with Gasteiger partial charge in [-0.05, 0) is 38.1 Å². The number of hydrogen-bond acceptors (Lipinski definition) is 8. The summed E-state index contributed by atoms with van der Waals surface area (Å²) in [7, 11) is -0.778. The lowest BCUT2D eigenvalue weighted by atomic mass is 10.2. The number of methoxy groups -OCH3 is 1. The van der Waals surface area contributed by atoms with Crippen LogP contribution in [0.15, 0.2) is 38.2 Å². The highest BCUT2D eigenvalue weighted by molar-refractivity contribution is 7.89. The maximum absolute atomic E-state index is 12.7. The van der Waals surface area contributed by atoms with Gasteiger partial charge in [0.15, 0.2) is 5.76 Å². The van der Waals surface area contributed by atoms with E-state index in [0.717, 1.165) is 9.87 Å². The van der Waals surface area contributed by atoms with Crippen molar-refractivity contribution in [3.63, 3.8) is 0 Å². The summed E-state index contributed by atoms with van der Waals surface area (Å²) in [6.45, 7) is 3.05. The van der Waals surface area contributed by atoms with Crippen molar-refractivity contribution in [3.05, 3.63) is 41.6 Å². The number of aromatic nitrogens is 3. The standard InChI is InChI=1S/C16H18N4O5S/c1-10-15(11(2)24-18-10)26(21,22)20(3)9-14-17-16(19-25-14)12-5-7-13(23-4)8-6-12/h5-8H,9H2,1-4H3. The van der Waals surface area contributed by atoms with Crippen molar-refractivity contribution in [2.75, 3.05) is 14.2 Å². The van der Waals surface area contributed by atoms with Crippen LogP contribution in [-0.4, -0.2) is 42.2 Å². The largest absolute Gasteiger partial charge is 0.497 e. The molecule has 2 heterocycles. The Morgan fingerprint density at radius 2 is 1.81 bits per heavy atom. The second kappa shape index (κ2) is 6.89. The number of sulfonamides is 1. The second-order valence-corrected chi connectivity index (χ2v) is 7.64. The Morgan fingerprint density at radius 1 is 1.12 bits per heavy atom. The minimum atomic E-state index is -3.79. The van der Waals surface area contributed by atoms with E-state index >= 15 is 0 Å². The summed E-state index contributed by atoms with van der Waals surface area (Å²) in [4.78, 5) is 4.30. The Bertz CT molecular complexity index is 988. The minimum Gasteiger partial charge on any atom is -0.497 e. The molecule has 0 spiro atoms. The van der Waals surface area contributed by atoms with Gasteiger partial charge in [-0.3, -0.25) is 0 Å². The van der Waals surface area contributed by atoms with Crippen LogP contribution < -0.4 is 4.74 Å². The Hall–Kier alpha value is -2.72. The molecule has 1 aromatic carbocycles. The van der Waals surface area contributed by atoms with E-state index in [4.69, 9.17) is 13.8 Å². The topological polar surface area (TPSA) is 112 Å². The molecule has 0 radical (unpaired) electrons. The molecule has 0 bridgehead atoms. The first-order valence-electron chi connectivity index (χ1n) is 7.69. The van der Waals surface area contributed by atoms with E-state index in [-0.39, 0.29) is 23.1 Å². The van der Waals surface area contributed by atoms with Gasteiger partial charge in [-0.25, -0.2) is 8.42 Å². The van der Waals surface area contributed by atoms with E-state index in [9.17, 15) is 8.42 Å². The lowest BCUT2D eigenvalue weighted by Crippen LogP contribution is -2.27. The summed E-state index contributed by atoms with van der Waals surface area (Å²) in [6.07, 6.45) is 0. The molecule has 3 rings (SSSR count). The zero-order chi connectivity index (χ0) is 18.9. The first-order valence-corrected chi connectivity index (χ1v) is 9.13. The summed E-state index contributed by atoms with van der Waals surface area (Å²) in [5.74, 6) is 1.49. The van der Waals surface area contributed by atoms with Crippen LogP contribution in [0.2, 0.25) is 0 Å².